The van der Waals surface area contributed by atoms with Crippen LogP contribution in [0.25, 0.3) is 33.9 Å². The fourth-order valence-electron chi connectivity index (χ4n) is 10.1. The van der Waals surface area contributed by atoms with Gasteiger partial charge in [0.15, 0.2) is 0 Å². The number of fused-ring (bicyclic) bond motifs is 2. The molecule has 6 aromatic rings. The van der Waals surface area contributed by atoms with Crippen LogP contribution in [-0.2, 0) is 48.2 Å². The first-order valence-electron chi connectivity index (χ1n) is 22.2. The second-order valence-electron chi connectivity index (χ2n) is 17.8. The van der Waals surface area contributed by atoms with Gasteiger partial charge in [-0.1, -0.05) is 0 Å². The Balaban J connectivity index is 0.798. The summed E-state index contributed by atoms with van der Waals surface area (Å²) in [5.74, 6) is 2.34. The van der Waals surface area contributed by atoms with E-state index in [2.05, 4.69) is 74.4 Å². The van der Waals surface area contributed by atoms with Gasteiger partial charge in [-0.2, -0.15) is 20.4 Å². The molecule has 2 fully saturated rings. The molecule has 16 nitrogen and oxygen atoms in total. The molecule has 10 rings (SSSR count). The highest BCUT2D eigenvalue weighted by Gasteiger charge is 2.32. The van der Waals surface area contributed by atoms with E-state index >= 15 is 0 Å². The molecule has 4 aliphatic rings. The monoisotopic (exact) mass is 842 g/mol. The van der Waals surface area contributed by atoms with Gasteiger partial charge in [0.05, 0.1) is 92.5 Å². The standard InChI is InChI=1S/C46H58N12O4/c1-30-16-36(21-47-45(30)59-5)57-41-9-14-60-12-7-39(41)44(51-57)35-20-50-56(28-35)26-33-18-38(54(4)24-33)29-62-46-31(2)17-37(22-48-46)58-42-10-15-61-13-8-40(42)43(52-58)34-19-49-55(27-34)25-32-6-11-53(3)23-32/h16-17,19-22,27-28,32-33,38H,6-15,18,23-26,29H2,1-5H3/t32-,33?,38?/m0/s1. The molecule has 10 heterocycles. The molecule has 0 radical (unpaired) electrons. The maximum atomic E-state index is 6.46. The Morgan fingerprint density at radius 2 is 1.26 bits per heavy atom. The molecule has 326 valence electrons. The highest BCUT2D eigenvalue weighted by Crippen LogP contribution is 2.34. The highest BCUT2D eigenvalue weighted by atomic mass is 16.5. The lowest BCUT2D eigenvalue weighted by Gasteiger charge is -2.20. The van der Waals surface area contributed by atoms with Crippen LogP contribution in [0.2, 0.25) is 0 Å². The Morgan fingerprint density at radius 1 is 0.694 bits per heavy atom. The lowest BCUT2D eigenvalue weighted by molar-refractivity contribution is 0.145. The zero-order valence-corrected chi connectivity index (χ0v) is 36.7. The Bertz CT molecular complexity index is 2540. The number of nitrogens with zero attached hydrogens (tertiary/aromatic N) is 12. The van der Waals surface area contributed by atoms with E-state index in [9.17, 15) is 0 Å². The van der Waals surface area contributed by atoms with E-state index in [-0.39, 0.29) is 6.04 Å². The number of hydrogen-bond donors (Lipinski definition) is 0. The minimum atomic E-state index is 0.267. The Morgan fingerprint density at radius 3 is 1.81 bits per heavy atom. The number of ether oxygens (including phenoxy) is 4. The normalized spacial score (nSPS) is 20.9. The molecule has 2 unspecified atom stereocenters. The van der Waals surface area contributed by atoms with Crippen LogP contribution in [0, 0.1) is 25.7 Å². The summed E-state index contributed by atoms with van der Waals surface area (Å²) in [6.45, 7) is 12.3. The molecule has 6 aromatic heterocycles. The molecule has 0 bridgehead atoms. The van der Waals surface area contributed by atoms with Gasteiger partial charge in [0.25, 0.3) is 0 Å². The van der Waals surface area contributed by atoms with E-state index in [0.717, 1.165) is 110 Å². The third-order valence-corrected chi connectivity index (χ3v) is 13.2. The molecule has 0 saturated carbocycles. The van der Waals surface area contributed by atoms with Crippen molar-refractivity contribution < 1.29 is 18.9 Å². The highest BCUT2D eigenvalue weighted by molar-refractivity contribution is 5.65. The van der Waals surface area contributed by atoms with E-state index in [1.165, 1.54) is 28.9 Å². The second-order valence-corrected chi connectivity index (χ2v) is 17.8. The van der Waals surface area contributed by atoms with Crippen molar-refractivity contribution in [2.75, 3.05) is 73.9 Å². The average molecular weight is 843 g/mol. The van der Waals surface area contributed by atoms with Crippen molar-refractivity contribution in [3.8, 4) is 45.6 Å². The van der Waals surface area contributed by atoms with Gasteiger partial charge in [-0.05, 0) is 84.1 Å². The van der Waals surface area contributed by atoms with Gasteiger partial charge in [-0.3, -0.25) is 14.3 Å². The fraction of sp³-hybridized carbons (Fsp3) is 0.522. The first-order valence-corrected chi connectivity index (χ1v) is 22.2. The summed E-state index contributed by atoms with van der Waals surface area (Å²) in [4.78, 5) is 14.2. The summed E-state index contributed by atoms with van der Waals surface area (Å²) in [6, 6.07) is 4.49. The van der Waals surface area contributed by atoms with Crippen molar-refractivity contribution >= 4 is 0 Å². The summed E-state index contributed by atoms with van der Waals surface area (Å²) in [5, 5.41) is 20.0. The third-order valence-electron chi connectivity index (χ3n) is 13.2. The van der Waals surface area contributed by atoms with Crippen LogP contribution in [0.4, 0.5) is 0 Å². The van der Waals surface area contributed by atoms with E-state index in [0.29, 0.717) is 56.6 Å². The number of methoxy groups -OCH3 is 1. The van der Waals surface area contributed by atoms with Crippen LogP contribution in [0.3, 0.4) is 0 Å². The van der Waals surface area contributed by atoms with Crippen LogP contribution in [0.15, 0.2) is 49.3 Å². The van der Waals surface area contributed by atoms with Crippen LogP contribution in [-0.4, -0.2) is 139 Å². The largest absolute Gasteiger partial charge is 0.481 e. The van der Waals surface area contributed by atoms with Crippen LogP contribution < -0.4 is 9.47 Å². The Hall–Kier alpha value is -5.42. The number of hydrogen-bond acceptors (Lipinski definition) is 12. The lowest BCUT2D eigenvalue weighted by Crippen LogP contribution is -2.30. The second kappa shape index (κ2) is 17.4. The van der Waals surface area contributed by atoms with Gasteiger partial charge in [0.1, 0.15) is 6.61 Å². The molecule has 0 spiro atoms. The molecule has 16 heteroatoms. The van der Waals surface area contributed by atoms with Crippen LogP contribution in [0.5, 0.6) is 11.8 Å². The smallest absolute Gasteiger partial charge is 0.216 e. The van der Waals surface area contributed by atoms with Crippen molar-refractivity contribution in [1.29, 1.82) is 0 Å². The van der Waals surface area contributed by atoms with E-state index in [4.69, 9.17) is 44.3 Å². The molecule has 3 atom stereocenters. The maximum Gasteiger partial charge on any atom is 0.216 e. The Kier molecular flexibility index (Phi) is 11.4. The number of aryl methyl sites for hydroxylation is 2. The molecule has 2 saturated heterocycles. The van der Waals surface area contributed by atoms with Crippen molar-refractivity contribution in [2.24, 2.45) is 11.8 Å². The van der Waals surface area contributed by atoms with Crippen molar-refractivity contribution in [1.82, 2.24) is 58.9 Å². The summed E-state index contributed by atoms with van der Waals surface area (Å²) in [5.41, 5.74) is 12.6. The topological polar surface area (TPSA) is 140 Å². The molecular formula is C46H58N12O4. The summed E-state index contributed by atoms with van der Waals surface area (Å²) >= 11 is 0. The van der Waals surface area contributed by atoms with E-state index in [1.54, 1.807) is 7.11 Å². The number of aromatic nitrogens is 10. The molecule has 62 heavy (non-hydrogen) atoms. The number of likely N-dealkylation sites (N-methyl/N-ethyl adjacent to an activating group) is 1. The van der Waals surface area contributed by atoms with Crippen LogP contribution >= 0.6 is 0 Å². The quantitative estimate of drug-likeness (QED) is 0.168. The average Bonchev–Trinajstić information content (AvgIpc) is 4.12. The fourth-order valence-corrected chi connectivity index (χ4v) is 10.1. The third kappa shape index (κ3) is 8.16. The minimum Gasteiger partial charge on any atom is -0.481 e. The maximum absolute atomic E-state index is 6.46. The van der Waals surface area contributed by atoms with Gasteiger partial charge in [-0.15, -0.1) is 0 Å². The number of pyridine rings is 2. The number of rotatable bonds is 12. The van der Waals surface area contributed by atoms with Gasteiger partial charge < -0.3 is 23.8 Å². The molecule has 0 aromatic carbocycles. The van der Waals surface area contributed by atoms with Gasteiger partial charge in [-0.25, -0.2) is 19.3 Å². The minimum absolute atomic E-state index is 0.267. The summed E-state index contributed by atoms with van der Waals surface area (Å²) < 4.78 is 32.0. The summed E-state index contributed by atoms with van der Waals surface area (Å²) in [6.07, 6.45) is 17.4. The number of likely N-dealkylation sites (tertiary alicyclic amines) is 2. The van der Waals surface area contributed by atoms with Gasteiger partial charge >= 0.3 is 0 Å². The zero-order valence-electron chi connectivity index (χ0n) is 36.7. The van der Waals surface area contributed by atoms with Crippen molar-refractivity contribution in [3.63, 3.8) is 0 Å². The van der Waals surface area contributed by atoms with Crippen molar-refractivity contribution in [2.45, 2.75) is 71.5 Å². The molecular weight excluding hydrogens is 785 g/mol. The molecule has 0 N–H and O–H groups in total. The van der Waals surface area contributed by atoms with E-state index in [1.807, 2.05) is 36.4 Å². The predicted octanol–water partition coefficient (Wildman–Crippen LogP) is 4.78. The van der Waals surface area contributed by atoms with Gasteiger partial charge in [0.2, 0.25) is 11.8 Å². The molecule has 0 aliphatic carbocycles. The molecule has 0 amide bonds. The summed E-state index contributed by atoms with van der Waals surface area (Å²) in [7, 11) is 6.03. The van der Waals surface area contributed by atoms with Gasteiger partial charge in [0, 0.05) is 90.8 Å². The van der Waals surface area contributed by atoms with Crippen molar-refractivity contribution in [3.05, 3.63) is 83.0 Å². The first kappa shape index (κ1) is 40.6. The SMILES string of the molecule is COc1ncc(-n2nc(-c3cnn(CC4CC(COc5ncc(-n6nc(-c7cnn(C[C@H]8CCN(C)C8)c7)c7c6CCOCC7)cc5C)N(C)C4)c3)c3c2CCOCC3)cc1C. The first-order chi connectivity index (χ1) is 30.3. The predicted molar refractivity (Wildman–Crippen MR) is 233 cm³/mol. The molecule has 4 aliphatic heterocycles. The zero-order chi connectivity index (χ0) is 42.3. The van der Waals surface area contributed by atoms with E-state index < -0.39 is 0 Å². The lowest BCUT2D eigenvalue weighted by atomic mass is 10.0. The Labute approximate surface area is 362 Å². The van der Waals surface area contributed by atoms with Crippen LogP contribution in [0.1, 0.15) is 46.5 Å².